The Balaban J connectivity index is 1.43. The lowest BCUT2D eigenvalue weighted by molar-refractivity contribution is -0.129. The minimum absolute atomic E-state index is 0.146. The molecule has 0 radical (unpaired) electrons. The van der Waals surface area contributed by atoms with Crippen molar-refractivity contribution in [1.29, 1.82) is 0 Å². The number of aromatic nitrogens is 4. The third-order valence-electron chi connectivity index (χ3n) is 4.82. The Labute approximate surface area is 166 Å². The van der Waals surface area contributed by atoms with Crippen molar-refractivity contribution in [3.8, 4) is 0 Å². The van der Waals surface area contributed by atoms with Gasteiger partial charge in [0.05, 0.1) is 5.75 Å². The fraction of sp³-hybridized carbons (Fsp3) is 0.368. The highest BCUT2D eigenvalue weighted by Gasteiger charge is 2.20. The molecule has 1 N–H and O–H groups in total. The summed E-state index contributed by atoms with van der Waals surface area (Å²) in [5.41, 5.74) is 1.27. The van der Waals surface area contributed by atoms with Crippen LogP contribution in [0.4, 0.5) is 16.0 Å². The summed E-state index contributed by atoms with van der Waals surface area (Å²) in [7, 11) is 0. The van der Waals surface area contributed by atoms with Crippen LogP contribution in [-0.2, 0) is 4.79 Å². The summed E-state index contributed by atoms with van der Waals surface area (Å²) in [6.45, 7) is 3.90. The average Bonchev–Trinajstić information content (AvgIpc) is 3.10. The molecule has 146 valence electrons. The number of rotatable bonds is 5. The minimum Gasteiger partial charge on any atom is -0.342 e. The molecule has 28 heavy (non-hydrogen) atoms. The van der Waals surface area contributed by atoms with Gasteiger partial charge < -0.3 is 10.2 Å². The van der Waals surface area contributed by atoms with Gasteiger partial charge in [-0.3, -0.25) is 4.79 Å². The number of fused-ring (bicyclic) bond motifs is 1. The highest BCUT2D eigenvalue weighted by molar-refractivity contribution is 7.99. The number of carbonyl (C=O) groups is 1. The second kappa shape index (κ2) is 8.14. The quantitative estimate of drug-likeness (QED) is 0.662. The average molecular weight is 400 g/mol. The number of anilines is 2. The van der Waals surface area contributed by atoms with Crippen molar-refractivity contribution in [1.82, 2.24) is 24.7 Å². The molecule has 0 atom stereocenters. The number of nitrogens with one attached hydrogen (secondary N) is 1. The van der Waals surface area contributed by atoms with Gasteiger partial charge in [-0.05, 0) is 55.2 Å². The van der Waals surface area contributed by atoms with Crippen LogP contribution in [0.2, 0.25) is 0 Å². The summed E-state index contributed by atoms with van der Waals surface area (Å²) in [4.78, 5) is 14.4. The number of benzene rings is 1. The Morgan fingerprint density at radius 2 is 1.93 bits per heavy atom. The molecule has 1 saturated heterocycles. The number of likely N-dealkylation sites (tertiary alicyclic amines) is 1. The Morgan fingerprint density at radius 1 is 1.18 bits per heavy atom. The molecule has 0 spiro atoms. The number of carbonyl (C=O) groups excluding carboxylic acids is 1. The van der Waals surface area contributed by atoms with Crippen LogP contribution in [0.25, 0.3) is 5.65 Å². The lowest BCUT2D eigenvalue weighted by atomic mass is 9.99. The van der Waals surface area contributed by atoms with Gasteiger partial charge in [-0.1, -0.05) is 18.7 Å². The Bertz CT molecular complexity index is 968. The lowest BCUT2D eigenvalue weighted by Gasteiger charge is -2.30. The van der Waals surface area contributed by atoms with Gasteiger partial charge in [-0.15, -0.1) is 10.2 Å². The molecule has 0 unspecified atom stereocenters. The molecule has 7 nitrogen and oxygen atoms in total. The maximum atomic E-state index is 13.1. The number of piperidine rings is 1. The van der Waals surface area contributed by atoms with E-state index in [0.29, 0.717) is 34.0 Å². The summed E-state index contributed by atoms with van der Waals surface area (Å²) in [5.74, 6) is 1.32. The third kappa shape index (κ3) is 4.24. The van der Waals surface area contributed by atoms with Crippen LogP contribution in [0.15, 0.2) is 41.4 Å². The smallest absolute Gasteiger partial charge is 0.250 e. The van der Waals surface area contributed by atoms with Crippen molar-refractivity contribution < 1.29 is 9.18 Å². The molecule has 3 aromatic rings. The molecular weight excluding hydrogens is 379 g/mol. The van der Waals surface area contributed by atoms with E-state index in [0.717, 1.165) is 25.9 Å². The number of halogens is 1. The van der Waals surface area contributed by atoms with E-state index in [2.05, 4.69) is 27.5 Å². The van der Waals surface area contributed by atoms with Gasteiger partial charge in [0.25, 0.3) is 0 Å². The van der Waals surface area contributed by atoms with Crippen molar-refractivity contribution in [3.05, 3.63) is 42.2 Å². The fourth-order valence-corrected chi connectivity index (χ4v) is 3.83. The maximum Gasteiger partial charge on any atom is 0.250 e. The number of hydrogen-bond donors (Lipinski definition) is 1. The van der Waals surface area contributed by atoms with E-state index in [1.807, 2.05) is 17.0 Å². The topological polar surface area (TPSA) is 75.4 Å². The number of nitrogens with zero attached hydrogens (tertiary/aromatic N) is 5. The van der Waals surface area contributed by atoms with Crippen LogP contribution in [-0.4, -0.2) is 49.5 Å². The van der Waals surface area contributed by atoms with Crippen molar-refractivity contribution in [2.24, 2.45) is 5.92 Å². The van der Waals surface area contributed by atoms with Crippen molar-refractivity contribution in [3.63, 3.8) is 0 Å². The molecule has 0 aliphatic carbocycles. The van der Waals surface area contributed by atoms with E-state index in [9.17, 15) is 9.18 Å². The van der Waals surface area contributed by atoms with E-state index >= 15 is 0 Å². The monoisotopic (exact) mass is 400 g/mol. The SMILES string of the molecule is CC1CCN(C(=O)CSc2ccc3nnc(Nc4ccc(F)cc4)n3n2)CC1. The molecule has 0 saturated carbocycles. The molecule has 1 amide bonds. The van der Waals surface area contributed by atoms with Gasteiger partial charge in [0, 0.05) is 18.8 Å². The van der Waals surface area contributed by atoms with Crippen LogP contribution in [0.1, 0.15) is 19.8 Å². The summed E-state index contributed by atoms with van der Waals surface area (Å²) >= 11 is 1.40. The molecule has 9 heteroatoms. The summed E-state index contributed by atoms with van der Waals surface area (Å²) in [5, 5.41) is 16.5. The first kappa shape index (κ1) is 18.7. The van der Waals surface area contributed by atoms with Crippen LogP contribution >= 0.6 is 11.8 Å². The van der Waals surface area contributed by atoms with E-state index < -0.39 is 0 Å². The van der Waals surface area contributed by atoms with Crippen LogP contribution < -0.4 is 5.32 Å². The first-order chi connectivity index (χ1) is 13.6. The molecular formula is C19H21FN6OS. The van der Waals surface area contributed by atoms with E-state index in [1.54, 1.807) is 16.6 Å². The van der Waals surface area contributed by atoms with Crippen molar-refractivity contribution in [2.45, 2.75) is 24.8 Å². The summed E-state index contributed by atoms with van der Waals surface area (Å²) in [6.07, 6.45) is 2.14. The largest absolute Gasteiger partial charge is 0.342 e. The van der Waals surface area contributed by atoms with Gasteiger partial charge in [0.1, 0.15) is 10.8 Å². The first-order valence-electron chi connectivity index (χ1n) is 9.24. The molecule has 1 aromatic carbocycles. The molecule has 1 aliphatic rings. The van der Waals surface area contributed by atoms with Crippen LogP contribution in [0, 0.1) is 11.7 Å². The number of hydrogen-bond acceptors (Lipinski definition) is 6. The van der Waals surface area contributed by atoms with Gasteiger partial charge in [-0.2, -0.15) is 9.61 Å². The molecule has 0 bridgehead atoms. The Hall–Kier alpha value is -2.68. The summed E-state index contributed by atoms with van der Waals surface area (Å²) < 4.78 is 14.6. The van der Waals surface area contributed by atoms with Gasteiger partial charge in [-0.25, -0.2) is 4.39 Å². The van der Waals surface area contributed by atoms with E-state index in [1.165, 1.54) is 23.9 Å². The Kier molecular flexibility index (Phi) is 5.43. The molecule has 3 heterocycles. The zero-order chi connectivity index (χ0) is 19.5. The maximum absolute atomic E-state index is 13.1. The molecule has 2 aromatic heterocycles. The van der Waals surface area contributed by atoms with Gasteiger partial charge in [0.2, 0.25) is 11.9 Å². The second-order valence-corrected chi connectivity index (χ2v) is 7.94. The van der Waals surface area contributed by atoms with Gasteiger partial charge in [0.15, 0.2) is 5.65 Å². The summed E-state index contributed by atoms with van der Waals surface area (Å²) in [6, 6.07) is 9.62. The first-order valence-corrected chi connectivity index (χ1v) is 10.2. The molecule has 1 aliphatic heterocycles. The predicted molar refractivity (Wildman–Crippen MR) is 106 cm³/mol. The van der Waals surface area contributed by atoms with Crippen LogP contribution in [0.3, 0.4) is 0 Å². The van der Waals surface area contributed by atoms with Crippen molar-refractivity contribution >= 4 is 35.0 Å². The normalized spacial score (nSPS) is 15.1. The van der Waals surface area contributed by atoms with E-state index in [-0.39, 0.29) is 11.7 Å². The third-order valence-corrected chi connectivity index (χ3v) is 5.72. The van der Waals surface area contributed by atoms with Crippen molar-refractivity contribution in [2.75, 3.05) is 24.2 Å². The second-order valence-electron chi connectivity index (χ2n) is 6.95. The highest BCUT2D eigenvalue weighted by atomic mass is 32.2. The molecule has 4 rings (SSSR count). The van der Waals surface area contributed by atoms with Gasteiger partial charge >= 0.3 is 0 Å². The predicted octanol–water partition coefficient (Wildman–Crippen LogP) is 3.36. The molecule has 1 fully saturated rings. The zero-order valence-electron chi connectivity index (χ0n) is 15.5. The fourth-order valence-electron chi connectivity index (χ4n) is 3.07. The Morgan fingerprint density at radius 3 is 2.68 bits per heavy atom. The number of thioether (sulfide) groups is 1. The minimum atomic E-state index is -0.304. The highest BCUT2D eigenvalue weighted by Crippen LogP contribution is 2.21. The zero-order valence-corrected chi connectivity index (χ0v) is 16.3. The number of amides is 1. The van der Waals surface area contributed by atoms with Crippen LogP contribution in [0.5, 0.6) is 0 Å². The lowest BCUT2D eigenvalue weighted by Crippen LogP contribution is -2.38. The standard InChI is InChI=1S/C19H21FN6OS/c1-13-8-10-25(11-9-13)18(27)12-28-17-7-6-16-22-23-19(26(16)24-17)21-15-4-2-14(20)3-5-15/h2-7,13H,8-12H2,1H3,(H,21,23). The van der Waals surface area contributed by atoms with E-state index in [4.69, 9.17) is 0 Å².